The zero-order valence-electron chi connectivity index (χ0n) is 14.8. The van der Waals surface area contributed by atoms with Crippen LogP contribution in [0.4, 0.5) is 14.9 Å². The second kappa shape index (κ2) is 7.43. The number of methoxy groups -OCH3 is 2. The number of ether oxygens (including phenoxy) is 2. The molecule has 0 aromatic heterocycles. The van der Waals surface area contributed by atoms with Crippen LogP contribution in [0.5, 0.6) is 11.5 Å². The second-order valence-corrected chi connectivity index (χ2v) is 8.29. The molecule has 1 heterocycles. The van der Waals surface area contributed by atoms with Gasteiger partial charge in [0.25, 0.3) is 0 Å². The van der Waals surface area contributed by atoms with Gasteiger partial charge in [0.2, 0.25) is 0 Å². The number of carbonyl (C=O) groups is 1. The molecule has 7 nitrogen and oxygen atoms in total. The van der Waals surface area contributed by atoms with Gasteiger partial charge in [-0.1, -0.05) is 0 Å². The van der Waals surface area contributed by atoms with Crippen molar-refractivity contribution in [2.75, 3.05) is 32.6 Å². The molecule has 9 heteroatoms. The number of amides is 2. The molecule has 1 saturated heterocycles. The molecule has 0 saturated carbocycles. The van der Waals surface area contributed by atoms with E-state index in [0.29, 0.717) is 17.2 Å². The Hall–Kier alpha value is -2.81. The molecule has 1 aliphatic rings. The first kappa shape index (κ1) is 19.0. The fraction of sp³-hybridized carbons (Fsp3) is 0.278. The fourth-order valence-electron chi connectivity index (χ4n) is 2.70. The topological polar surface area (TPSA) is 84.9 Å². The van der Waals surface area contributed by atoms with E-state index in [9.17, 15) is 17.6 Å². The van der Waals surface area contributed by atoms with E-state index in [4.69, 9.17) is 9.47 Å². The third-order valence-electron chi connectivity index (χ3n) is 4.32. The first-order valence-corrected chi connectivity index (χ1v) is 9.66. The number of hydrogen-bond donors (Lipinski definition) is 1. The van der Waals surface area contributed by atoms with Crippen LogP contribution in [0, 0.1) is 5.82 Å². The van der Waals surface area contributed by atoms with Gasteiger partial charge >= 0.3 is 6.03 Å². The molecule has 2 amide bonds. The summed E-state index contributed by atoms with van der Waals surface area (Å²) < 4.78 is 48.3. The largest absolute Gasteiger partial charge is 0.497 e. The summed E-state index contributed by atoms with van der Waals surface area (Å²) in [6.45, 7) is 0.124. The lowest BCUT2D eigenvalue weighted by Gasteiger charge is -2.38. The molecule has 1 aliphatic heterocycles. The van der Waals surface area contributed by atoms with Crippen LogP contribution < -0.4 is 14.8 Å². The van der Waals surface area contributed by atoms with Crippen molar-refractivity contribution in [3.8, 4) is 11.5 Å². The summed E-state index contributed by atoms with van der Waals surface area (Å²) in [7, 11) is -0.607. The summed E-state index contributed by atoms with van der Waals surface area (Å²) >= 11 is 0. The number of halogens is 1. The van der Waals surface area contributed by atoms with E-state index in [0.717, 1.165) is 12.1 Å². The van der Waals surface area contributed by atoms with Crippen molar-refractivity contribution in [2.45, 2.75) is 10.1 Å². The Morgan fingerprint density at radius 1 is 1.07 bits per heavy atom. The SMILES string of the molecule is COc1cc(NC(=O)N2CC(S(=O)(=O)c3ccc(F)cc3)C2)cc(OC)c1. The maximum absolute atomic E-state index is 13.0. The van der Waals surface area contributed by atoms with Gasteiger partial charge in [-0.2, -0.15) is 0 Å². The van der Waals surface area contributed by atoms with Crippen LogP contribution in [0.3, 0.4) is 0 Å². The summed E-state index contributed by atoms with van der Waals surface area (Å²) in [5.41, 5.74) is 0.473. The first-order valence-electron chi connectivity index (χ1n) is 8.12. The molecule has 0 radical (unpaired) electrons. The van der Waals surface area contributed by atoms with Crippen molar-refractivity contribution >= 4 is 21.6 Å². The molecule has 3 rings (SSSR count). The lowest BCUT2D eigenvalue weighted by Crippen LogP contribution is -2.58. The predicted octanol–water partition coefficient (Wildman–Crippen LogP) is 2.53. The molecule has 2 aromatic rings. The molecule has 0 atom stereocenters. The van der Waals surface area contributed by atoms with Crippen molar-refractivity contribution in [2.24, 2.45) is 0 Å². The van der Waals surface area contributed by atoms with Crippen LogP contribution in [-0.4, -0.2) is 51.9 Å². The highest BCUT2D eigenvalue weighted by molar-refractivity contribution is 7.92. The molecule has 1 N–H and O–H groups in total. The number of urea groups is 1. The van der Waals surface area contributed by atoms with Crippen LogP contribution in [0.15, 0.2) is 47.4 Å². The van der Waals surface area contributed by atoms with Gasteiger partial charge in [0.1, 0.15) is 22.6 Å². The van der Waals surface area contributed by atoms with Gasteiger partial charge in [-0.05, 0) is 24.3 Å². The monoisotopic (exact) mass is 394 g/mol. The average Bonchev–Trinajstić information content (AvgIpc) is 2.60. The van der Waals surface area contributed by atoms with E-state index in [1.165, 1.54) is 31.3 Å². The van der Waals surface area contributed by atoms with E-state index in [-0.39, 0.29) is 18.0 Å². The van der Waals surface area contributed by atoms with E-state index in [2.05, 4.69) is 5.32 Å². The standard InChI is InChI=1S/C18H19FN2O5S/c1-25-14-7-13(8-15(9-14)26-2)20-18(22)21-10-17(11-21)27(23,24)16-5-3-12(19)4-6-16/h3-9,17H,10-11H2,1-2H3,(H,20,22). The van der Waals surface area contributed by atoms with Crippen LogP contribution in [-0.2, 0) is 9.84 Å². The number of nitrogens with zero attached hydrogens (tertiary/aromatic N) is 1. The van der Waals surface area contributed by atoms with Crippen LogP contribution in [0.25, 0.3) is 0 Å². The predicted molar refractivity (Wildman–Crippen MR) is 97.5 cm³/mol. The van der Waals surface area contributed by atoms with Gasteiger partial charge in [-0.15, -0.1) is 0 Å². The van der Waals surface area contributed by atoms with Gasteiger partial charge in [-0.3, -0.25) is 0 Å². The zero-order chi connectivity index (χ0) is 19.6. The molecule has 0 aliphatic carbocycles. The van der Waals surface area contributed by atoms with Gasteiger partial charge in [0.05, 0.1) is 19.1 Å². The molecule has 0 bridgehead atoms. The minimum Gasteiger partial charge on any atom is -0.497 e. The number of rotatable bonds is 5. The number of carbonyl (C=O) groups excluding carboxylic acids is 1. The summed E-state index contributed by atoms with van der Waals surface area (Å²) in [6, 6.07) is 9.19. The van der Waals surface area contributed by atoms with E-state index >= 15 is 0 Å². The van der Waals surface area contributed by atoms with Crippen molar-refractivity contribution in [1.29, 1.82) is 0 Å². The molecule has 27 heavy (non-hydrogen) atoms. The maximum atomic E-state index is 13.0. The highest BCUT2D eigenvalue weighted by Gasteiger charge is 2.40. The molecule has 1 fully saturated rings. The number of hydrogen-bond acceptors (Lipinski definition) is 5. The molecule has 0 spiro atoms. The summed E-state index contributed by atoms with van der Waals surface area (Å²) in [6.07, 6.45) is 0. The van der Waals surface area contributed by atoms with Crippen LogP contribution in [0.2, 0.25) is 0 Å². The average molecular weight is 394 g/mol. The lowest BCUT2D eigenvalue weighted by atomic mass is 10.2. The molecular weight excluding hydrogens is 375 g/mol. The van der Waals surface area contributed by atoms with E-state index < -0.39 is 26.9 Å². The van der Waals surface area contributed by atoms with Crippen molar-refractivity contribution in [3.05, 3.63) is 48.3 Å². The Bertz CT molecular complexity index is 918. The molecule has 0 unspecified atom stereocenters. The smallest absolute Gasteiger partial charge is 0.321 e. The third-order valence-corrected chi connectivity index (χ3v) is 6.42. The maximum Gasteiger partial charge on any atom is 0.321 e. The number of likely N-dealkylation sites (tertiary alicyclic amines) is 1. The molecule has 144 valence electrons. The second-order valence-electron chi connectivity index (χ2n) is 6.06. The van der Waals surface area contributed by atoms with Gasteiger partial charge in [-0.25, -0.2) is 17.6 Å². The fourth-order valence-corrected chi connectivity index (χ4v) is 4.35. The number of nitrogens with one attached hydrogen (secondary N) is 1. The van der Waals surface area contributed by atoms with Gasteiger partial charge in [0.15, 0.2) is 9.84 Å². The van der Waals surface area contributed by atoms with Crippen LogP contribution >= 0.6 is 0 Å². The molecule has 2 aromatic carbocycles. The number of sulfone groups is 1. The van der Waals surface area contributed by atoms with Gasteiger partial charge < -0.3 is 19.7 Å². The Morgan fingerprint density at radius 3 is 2.15 bits per heavy atom. The minimum atomic E-state index is -3.61. The Kier molecular flexibility index (Phi) is 5.22. The summed E-state index contributed by atoms with van der Waals surface area (Å²) in [5, 5.41) is 1.98. The van der Waals surface area contributed by atoms with Crippen molar-refractivity contribution < 1.29 is 27.1 Å². The Balaban J connectivity index is 1.64. The lowest BCUT2D eigenvalue weighted by molar-refractivity contribution is 0.182. The summed E-state index contributed by atoms with van der Waals surface area (Å²) in [5.74, 6) is 0.535. The molecular formula is C18H19FN2O5S. The normalized spacial score (nSPS) is 14.4. The van der Waals surface area contributed by atoms with Crippen molar-refractivity contribution in [1.82, 2.24) is 4.90 Å². The quantitative estimate of drug-likeness (QED) is 0.788. The van der Waals surface area contributed by atoms with Gasteiger partial charge in [0, 0.05) is 37.0 Å². The van der Waals surface area contributed by atoms with Crippen molar-refractivity contribution in [3.63, 3.8) is 0 Å². The first-order chi connectivity index (χ1) is 12.8. The minimum absolute atomic E-state index is 0.0477. The van der Waals surface area contributed by atoms with E-state index in [1.807, 2.05) is 0 Å². The number of anilines is 1. The Labute approximate surface area is 156 Å². The third kappa shape index (κ3) is 3.97. The highest BCUT2D eigenvalue weighted by Crippen LogP contribution is 2.28. The van der Waals surface area contributed by atoms with E-state index in [1.54, 1.807) is 18.2 Å². The number of benzene rings is 2. The summed E-state index contributed by atoms with van der Waals surface area (Å²) in [4.78, 5) is 13.8. The zero-order valence-corrected chi connectivity index (χ0v) is 15.6. The Morgan fingerprint density at radius 2 is 1.63 bits per heavy atom. The van der Waals surface area contributed by atoms with Crippen LogP contribution in [0.1, 0.15) is 0 Å². The highest BCUT2D eigenvalue weighted by atomic mass is 32.2.